The Hall–Kier alpha value is -1.12. The molecule has 2 aliphatic carbocycles. The summed E-state index contributed by atoms with van der Waals surface area (Å²) in [6, 6.07) is 0. The first-order valence-corrected chi connectivity index (χ1v) is 7.57. The summed E-state index contributed by atoms with van der Waals surface area (Å²) in [4.78, 5) is 23.7. The van der Waals surface area contributed by atoms with Gasteiger partial charge in [0, 0.05) is 17.9 Å². The summed E-state index contributed by atoms with van der Waals surface area (Å²) in [7, 11) is 0. The van der Waals surface area contributed by atoms with Gasteiger partial charge in [-0.15, -0.1) is 0 Å². The number of Topliss-reactive ketones (excluding diaryl/α,β-unsaturated/α-hetero) is 1. The topological polar surface area (TPSA) is 43.4 Å². The number of hydrogen-bond donors (Lipinski definition) is 0. The third kappa shape index (κ3) is 3.92. The van der Waals surface area contributed by atoms with Crippen molar-refractivity contribution in [3.05, 3.63) is 12.7 Å². The number of ketones is 1. The van der Waals surface area contributed by atoms with Crippen LogP contribution in [0.2, 0.25) is 0 Å². The largest absolute Gasteiger partial charge is 0.459 e. The van der Waals surface area contributed by atoms with E-state index >= 15 is 0 Å². The van der Waals surface area contributed by atoms with E-state index in [1.165, 1.54) is 25.3 Å². The van der Waals surface area contributed by atoms with Crippen LogP contribution in [0.1, 0.15) is 57.8 Å². The maximum atomic E-state index is 12.5. The van der Waals surface area contributed by atoms with Crippen molar-refractivity contribution in [1.82, 2.24) is 0 Å². The second-order valence-electron chi connectivity index (χ2n) is 5.86. The van der Waals surface area contributed by atoms with Crippen molar-refractivity contribution in [2.24, 2.45) is 11.8 Å². The number of hydrogen-bond acceptors (Lipinski definition) is 3. The summed E-state index contributed by atoms with van der Waals surface area (Å²) in [5.74, 6) is 0.446. The lowest BCUT2D eigenvalue weighted by Gasteiger charge is -2.31. The van der Waals surface area contributed by atoms with E-state index in [2.05, 4.69) is 6.58 Å². The Morgan fingerprint density at radius 1 is 0.947 bits per heavy atom. The van der Waals surface area contributed by atoms with Crippen LogP contribution in [0, 0.1) is 11.8 Å². The Morgan fingerprint density at radius 2 is 1.63 bits per heavy atom. The average Bonchev–Trinajstić information content (AvgIpc) is 2.47. The van der Waals surface area contributed by atoms with Crippen LogP contribution in [0.25, 0.3) is 0 Å². The van der Waals surface area contributed by atoms with Gasteiger partial charge in [0.1, 0.15) is 11.9 Å². The molecule has 0 heterocycles. The monoisotopic (exact) mass is 264 g/mol. The molecule has 106 valence electrons. The Labute approximate surface area is 115 Å². The lowest BCUT2D eigenvalue weighted by Crippen LogP contribution is -2.33. The second kappa shape index (κ2) is 6.88. The van der Waals surface area contributed by atoms with E-state index in [4.69, 9.17) is 4.74 Å². The van der Waals surface area contributed by atoms with Crippen molar-refractivity contribution in [1.29, 1.82) is 0 Å². The molecule has 2 fully saturated rings. The molecule has 2 atom stereocenters. The van der Waals surface area contributed by atoms with Crippen molar-refractivity contribution in [2.75, 3.05) is 0 Å². The van der Waals surface area contributed by atoms with Crippen molar-refractivity contribution >= 4 is 11.8 Å². The molecule has 0 aromatic rings. The van der Waals surface area contributed by atoms with Gasteiger partial charge in [-0.2, -0.15) is 0 Å². The fourth-order valence-electron chi connectivity index (χ4n) is 3.44. The molecule has 0 radical (unpaired) electrons. The molecule has 0 aromatic carbocycles. The predicted octanol–water partition coefficient (Wildman–Crippen LogP) is 3.42. The molecule has 0 spiro atoms. The van der Waals surface area contributed by atoms with E-state index in [9.17, 15) is 9.59 Å². The van der Waals surface area contributed by atoms with Crippen LogP contribution < -0.4 is 0 Å². The zero-order valence-corrected chi connectivity index (χ0v) is 11.6. The number of carbonyl (C=O) groups excluding carboxylic acids is 2. The van der Waals surface area contributed by atoms with Gasteiger partial charge in [0.15, 0.2) is 0 Å². The first kappa shape index (κ1) is 14.3. The van der Waals surface area contributed by atoms with Gasteiger partial charge in [-0.1, -0.05) is 25.8 Å². The quantitative estimate of drug-likeness (QED) is 0.577. The van der Waals surface area contributed by atoms with E-state index < -0.39 is 0 Å². The highest BCUT2D eigenvalue weighted by Gasteiger charge is 2.33. The van der Waals surface area contributed by atoms with Gasteiger partial charge in [0.25, 0.3) is 0 Å². The van der Waals surface area contributed by atoms with Gasteiger partial charge in [0.2, 0.25) is 0 Å². The number of ether oxygens (including phenoxy) is 1. The first-order valence-electron chi connectivity index (χ1n) is 7.57. The number of esters is 1. The van der Waals surface area contributed by atoms with Crippen molar-refractivity contribution in [2.45, 2.75) is 63.9 Å². The lowest BCUT2D eigenvalue weighted by molar-refractivity contribution is -0.147. The fourth-order valence-corrected chi connectivity index (χ4v) is 3.44. The zero-order valence-electron chi connectivity index (χ0n) is 11.6. The summed E-state index contributed by atoms with van der Waals surface area (Å²) >= 11 is 0. The van der Waals surface area contributed by atoms with Crippen LogP contribution in [0.3, 0.4) is 0 Å². The van der Waals surface area contributed by atoms with Crippen molar-refractivity contribution in [3.63, 3.8) is 0 Å². The average molecular weight is 264 g/mol. The van der Waals surface area contributed by atoms with E-state index in [1.54, 1.807) is 0 Å². The molecular weight excluding hydrogens is 240 g/mol. The minimum absolute atomic E-state index is 0.0863. The van der Waals surface area contributed by atoms with E-state index in [0.29, 0.717) is 5.78 Å². The Bertz CT molecular complexity index is 342. The van der Waals surface area contributed by atoms with Crippen LogP contribution in [0.15, 0.2) is 12.7 Å². The minimum atomic E-state index is -0.365. The standard InChI is InChI=1S/C16H24O3/c1-2-15(17)19-14-10-6-9-13(11-14)16(18)12-7-4-3-5-8-12/h2,12-14H,1,3-11H2. The molecule has 0 saturated heterocycles. The van der Waals surface area contributed by atoms with E-state index in [1.807, 2.05) is 0 Å². The normalized spacial score (nSPS) is 28.6. The van der Waals surface area contributed by atoms with Gasteiger partial charge in [0.05, 0.1) is 0 Å². The highest BCUT2D eigenvalue weighted by Crippen LogP contribution is 2.33. The summed E-state index contributed by atoms with van der Waals surface area (Å²) in [5, 5.41) is 0. The molecule has 0 aliphatic heterocycles. The highest BCUT2D eigenvalue weighted by atomic mass is 16.5. The molecule has 3 heteroatoms. The second-order valence-corrected chi connectivity index (χ2v) is 5.86. The Balaban J connectivity index is 1.87. The maximum absolute atomic E-state index is 12.5. The highest BCUT2D eigenvalue weighted by molar-refractivity contribution is 5.84. The minimum Gasteiger partial charge on any atom is -0.459 e. The van der Waals surface area contributed by atoms with E-state index in [0.717, 1.165) is 38.5 Å². The summed E-state index contributed by atoms with van der Waals surface area (Å²) in [5.41, 5.74) is 0. The van der Waals surface area contributed by atoms with Crippen LogP contribution in [-0.2, 0) is 14.3 Å². The van der Waals surface area contributed by atoms with Crippen molar-refractivity contribution < 1.29 is 14.3 Å². The van der Waals surface area contributed by atoms with Gasteiger partial charge >= 0.3 is 5.97 Å². The van der Waals surface area contributed by atoms with Crippen LogP contribution in [-0.4, -0.2) is 17.9 Å². The molecule has 0 N–H and O–H groups in total. The molecule has 3 nitrogen and oxygen atoms in total. The fraction of sp³-hybridized carbons (Fsp3) is 0.750. The molecule has 2 rings (SSSR count). The number of rotatable bonds is 4. The lowest BCUT2D eigenvalue weighted by atomic mass is 9.76. The maximum Gasteiger partial charge on any atom is 0.330 e. The van der Waals surface area contributed by atoms with Crippen LogP contribution >= 0.6 is 0 Å². The van der Waals surface area contributed by atoms with Crippen LogP contribution in [0.5, 0.6) is 0 Å². The molecular formula is C16H24O3. The molecule has 19 heavy (non-hydrogen) atoms. The van der Waals surface area contributed by atoms with Gasteiger partial charge in [-0.05, 0) is 38.5 Å². The molecule has 2 unspecified atom stereocenters. The third-order valence-corrected chi connectivity index (χ3v) is 4.49. The summed E-state index contributed by atoms with van der Waals surface area (Å²) < 4.78 is 5.30. The SMILES string of the molecule is C=CC(=O)OC1CCCC(C(=O)C2CCCCC2)C1. The summed E-state index contributed by atoms with van der Waals surface area (Å²) in [6.07, 6.45) is 10.4. The molecule has 0 aromatic heterocycles. The molecule has 0 bridgehead atoms. The smallest absolute Gasteiger partial charge is 0.330 e. The third-order valence-electron chi connectivity index (χ3n) is 4.49. The molecule has 0 amide bonds. The van der Waals surface area contributed by atoms with Gasteiger partial charge in [-0.3, -0.25) is 4.79 Å². The molecule has 2 saturated carbocycles. The first-order chi connectivity index (χ1) is 9.20. The zero-order chi connectivity index (χ0) is 13.7. The van der Waals surface area contributed by atoms with Gasteiger partial charge < -0.3 is 4.74 Å². The van der Waals surface area contributed by atoms with Crippen LogP contribution in [0.4, 0.5) is 0 Å². The van der Waals surface area contributed by atoms with Gasteiger partial charge in [-0.25, -0.2) is 4.79 Å². The molecule has 2 aliphatic rings. The van der Waals surface area contributed by atoms with Crippen molar-refractivity contribution in [3.8, 4) is 0 Å². The predicted molar refractivity (Wildman–Crippen MR) is 73.6 cm³/mol. The Kier molecular flexibility index (Phi) is 5.17. The Morgan fingerprint density at radius 3 is 2.32 bits per heavy atom. The summed E-state index contributed by atoms with van der Waals surface area (Å²) in [6.45, 7) is 3.41. The number of carbonyl (C=O) groups is 2. The van der Waals surface area contributed by atoms with E-state index in [-0.39, 0.29) is 23.9 Å².